The summed E-state index contributed by atoms with van der Waals surface area (Å²) in [5.41, 5.74) is -0.0680. The van der Waals surface area contributed by atoms with Crippen molar-refractivity contribution in [3.63, 3.8) is 0 Å². The summed E-state index contributed by atoms with van der Waals surface area (Å²) in [5, 5.41) is 9.65. The largest absolute Gasteiger partial charge is 0.481 e. The smallest absolute Gasteiger partial charge is 0.313 e. The molecule has 1 unspecified atom stereocenters. The SMILES string of the molecule is C#CC(C)(C)CCCCC(C)(C(=O)O)c1cccc(I)c1. The molecule has 0 aliphatic rings. The quantitative estimate of drug-likeness (QED) is 0.405. The van der Waals surface area contributed by atoms with Gasteiger partial charge in [0.1, 0.15) is 0 Å². The van der Waals surface area contributed by atoms with Gasteiger partial charge < -0.3 is 5.11 Å². The minimum absolute atomic E-state index is 0.109. The molecule has 1 rings (SSSR count). The highest BCUT2D eigenvalue weighted by molar-refractivity contribution is 14.1. The van der Waals surface area contributed by atoms with Gasteiger partial charge in [-0.2, -0.15) is 0 Å². The van der Waals surface area contributed by atoms with Crippen molar-refractivity contribution in [3.8, 4) is 12.3 Å². The lowest BCUT2D eigenvalue weighted by molar-refractivity contribution is -0.143. The van der Waals surface area contributed by atoms with Gasteiger partial charge in [-0.25, -0.2) is 0 Å². The van der Waals surface area contributed by atoms with Crippen LogP contribution in [0.5, 0.6) is 0 Å². The molecule has 0 saturated carbocycles. The first kappa shape index (κ1) is 18.0. The van der Waals surface area contributed by atoms with Gasteiger partial charge in [0.2, 0.25) is 0 Å². The highest BCUT2D eigenvalue weighted by Gasteiger charge is 2.34. The Morgan fingerprint density at radius 3 is 2.43 bits per heavy atom. The molecule has 1 aromatic carbocycles. The Kier molecular flexibility index (Phi) is 6.27. The summed E-state index contributed by atoms with van der Waals surface area (Å²) >= 11 is 2.21. The molecular formula is C18H23IO2. The van der Waals surface area contributed by atoms with E-state index < -0.39 is 11.4 Å². The number of hydrogen-bond donors (Lipinski definition) is 1. The molecule has 0 aliphatic carbocycles. The minimum atomic E-state index is -0.832. The highest BCUT2D eigenvalue weighted by atomic mass is 127. The molecule has 114 valence electrons. The van der Waals surface area contributed by atoms with E-state index in [2.05, 4.69) is 28.5 Å². The van der Waals surface area contributed by atoms with E-state index in [1.807, 2.05) is 45.0 Å². The van der Waals surface area contributed by atoms with E-state index in [-0.39, 0.29) is 5.41 Å². The number of carboxylic acid groups (broad SMARTS) is 1. The van der Waals surface area contributed by atoms with Crippen molar-refractivity contribution in [2.24, 2.45) is 5.41 Å². The van der Waals surface area contributed by atoms with E-state index >= 15 is 0 Å². The van der Waals surface area contributed by atoms with E-state index in [1.54, 1.807) is 0 Å². The summed E-state index contributed by atoms with van der Waals surface area (Å²) in [7, 11) is 0. The van der Waals surface area contributed by atoms with E-state index in [0.717, 1.165) is 28.4 Å². The lowest BCUT2D eigenvalue weighted by atomic mass is 9.77. The minimum Gasteiger partial charge on any atom is -0.481 e. The Morgan fingerprint density at radius 1 is 1.29 bits per heavy atom. The van der Waals surface area contributed by atoms with Crippen molar-refractivity contribution >= 4 is 28.6 Å². The second kappa shape index (κ2) is 7.31. The molecule has 0 radical (unpaired) electrons. The molecule has 0 aliphatic heterocycles. The number of terminal acetylenes is 1. The van der Waals surface area contributed by atoms with Crippen LogP contribution in [-0.4, -0.2) is 11.1 Å². The summed E-state index contributed by atoms with van der Waals surface area (Å²) in [6.45, 7) is 5.90. The first-order valence-electron chi connectivity index (χ1n) is 7.18. The third-order valence-electron chi connectivity index (χ3n) is 4.05. The number of aliphatic carboxylic acids is 1. The molecule has 0 fully saturated rings. The lowest BCUT2D eigenvalue weighted by Gasteiger charge is -2.26. The molecule has 0 aromatic heterocycles. The first-order valence-corrected chi connectivity index (χ1v) is 8.26. The topological polar surface area (TPSA) is 37.3 Å². The number of carboxylic acids is 1. The van der Waals surface area contributed by atoms with E-state index in [1.165, 1.54) is 0 Å². The molecular weight excluding hydrogens is 375 g/mol. The van der Waals surface area contributed by atoms with E-state index in [9.17, 15) is 9.90 Å². The van der Waals surface area contributed by atoms with Crippen LogP contribution < -0.4 is 0 Å². The maximum atomic E-state index is 11.7. The molecule has 1 atom stereocenters. The number of halogens is 1. The zero-order valence-electron chi connectivity index (χ0n) is 12.9. The van der Waals surface area contributed by atoms with Crippen LogP contribution in [0.4, 0.5) is 0 Å². The van der Waals surface area contributed by atoms with Crippen molar-refractivity contribution < 1.29 is 9.90 Å². The Hall–Kier alpha value is -1.02. The standard InChI is InChI=1S/C18H23IO2/c1-5-17(2,3)11-6-7-12-18(4,16(20)21)14-9-8-10-15(19)13-14/h1,8-10,13H,6-7,11-12H2,2-4H3,(H,20,21). The van der Waals surface area contributed by atoms with Crippen molar-refractivity contribution in [1.29, 1.82) is 0 Å². The maximum Gasteiger partial charge on any atom is 0.313 e. The summed E-state index contributed by atoms with van der Waals surface area (Å²) < 4.78 is 1.06. The zero-order valence-corrected chi connectivity index (χ0v) is 15.1. The van der Waals surface area contributed by atoms with E-state index in [0.29, 0.717) is 6.42 Å². The van der Waals surface area contributed by atoms with Crippen molar-refractivity contribution in [1.82, 2.24) is 0 Å². The van der Waals surface area contributed by atoms with Crippen molar-refractivity contribution in [2.75, 3.05) is 0 Å². The molecule has 0 amide bonds. The second-order valence-electron chi connectivity index (χ2n) is 6.38. The molecule has 1 N–H and O–H groups in total. The van der Waals surface area contributed by atoms with Gasteiger partial charge in [0.25, 0.3) is 0 Å². The highest BCUT2D eigenvalue weighted by Crippen LogP contribution is 2.32. The second-order valence-corrected chi connectivity index (χ2v) is 7.63. The third-order valence-corrected chi connectivity index (χ3v) is 4.72. The van der Waals surface area contributed by atoms with Crippen molar-refractivity contribution in [3.05, 3.63) is 33.4 Å². The molecule has 0 spiro atoms. The lowest BCUT2D eigenvalue weighted by Crippen LogP contribution is -2.32. The Bertz CT molecular complexity index is 542. The van der Waals surface area contributed by atoms with Crippen LogP contribution >= 0.6 is 22.6 Å². The predicted molar refractivity (Wildman–Crippen MR) is 95.2 cm³/mol. The van der Waals surface area contributed by atoms with Gasteiger partial charge in [-0.3, -0.25) is 4.79 Å². The van der Waals surface area contributed by atoms with E-state index in [4.69, 9.17) is 6.42 Å². The third kappa shape index (κ3) is 5.03. The molecule has 3 heteroatoms. The predicted octanol–water partition coefficient (Wildman–Crippen LogP) is 4.85. The van der Waals surface area contributed by atoms with Crippen LogP contribution in [0, 0.1) is 21.3 Å². The molecule has 0 heterocycles. The van der Waals surface area contributed by atoms with Crippen LogP contribution in [0.2, 0.25) is 0 Å². The van der Waals surface area contributed by atoms with Gasteiger partial charge in [-0.1, -0.05) is 25.0 Å². The summed E-state index contributed by atoms with van der Waals surface area (Å²) in [4.78, 5) is 11.7. The van der Waals surface area contributed by atoms with Gasteiger partial charge in [0.05, 0.1) is 5.41 Å². The monoisotopic (exact) mass is 398 g/mol. The normalized spacial score (nSPS) is 14.2. The number of rotatable bonds is 7. The zero-order chi connectivity index (χ0) is 16.1. The Labute approximate surface area is 141 Å². The van der Waals surface area contributed by atoms with Crippen LogP contribution in [0.15, 0.2) is 24.3 Å². The number of unbranched alkanes of at least 4 members (excludes halogenated alkanes) is 1. The molecule has 2 nitrogen and oxygen atoms in total. The molecule has 21 heavy (non-hydrogen) atoms. The fourth-order valence-electron chi connectivity index (χ4n) is 2.32. The Morgan fingerprint density at radius 2 is 1.90 bits per heavy atom. The maximum absolute atomic E-state index is 11.7. The molecule has 0 saturated heterocycles. The fraction of sp³-hybridized carbons (Fsp3) is 0.500. The van der Waals surface area contributed by atoms with Crippen LogP contribution in [-0.2, 0) is 10.2 Å². The number of carbonyl (C=O) groups is 1. The van der Waals surface area contributed by atoms with Gasteiger partial charge in [0.15, 0.2) is 0 Å². The van der Waals surface area contributed by atoms with Gasteiger partial charge in [0, 0.05) is 8.99 Å². The molecule has 1 aromatic rings. The van der Waals surface area contributed by atoms with Gasteiger partial charge in [-0.05, 0) is 73.9 Å². The summed E-state index contributed by atoms with van der Waals surface area (Å²) in [6.07, 6.45) is 8.84. The fourth-order valence-corrected chi connectivity index (χ4v) is 2.87. The van der Waals surface area contributed by atoms with Gasteiger partial charge in [-0.15, -0.1) is 12.3 Å². The average molecular weight is 398 g/mol. The van der Waals surface area contributed by atoms with Crippen LogP contribution in [0.1, 0.15) is 52.0 Å². The van der Waals surface area contributed by atoms with Crippen LogP contribution in [0.3, 0.4) is 0 Å². The summed E-state index contributed by atoms with van der Waals surface area (Å²) in [6, 6.07) is 7.75. The first-order chi connectivity index (χ1) is 9.71. The number of benzene rings is 1. The molecule has 0 bridgehead atoms. The van der Waals surface area contributed by atoms with Crippen LogP contribution in [0.25, 0.3) is 0 Å². The van der Waals surface area contributed by atoms with Gasteiger partial charge >= 0.3 is 5.97 Å². The van der Waals surface area contributed by atoms with Crippen molar-refractivity contribution in [2.45, 2.75) is 51.9 Å². The average Bonchev–Trinajstić information content (AvgIpc) is 2.43. The Balaban J connectivity index is 2.75. The summed E-state index contributed by atoms with van der Waals surface area (Å²) in [5.74, 6) is 2.02. The number of hydrogen-bond acceptors (Lipinski definition) is 1.